The fourth-order valence-electron chi connectivity index (χ4n) is 3.03. The van der Waals surface area contributed by atoms with Crippen LogP contribution in [-0.2, 0) is 16.1 Å². The van der Waals surface area contributed by atoms with Crippen LogP contribution in [-0.4, -0.2) is 28.9 Å². The van der Waals surface area contributed by atoms with E-state index in [1.807, 2.05) is 0 Å². The number of hydrogen-bond donors (Lipinski definition) is 1. The van der Waals surface area contributed by atoms with Crippen LogP contribution < -0.4 is 0 Å². The summed E-state index contributed by atoms with van der Waals surface area (Å²) in [5.74, 6) is -1.70. The standard InChI is InChI=1S/C16H20FNO3/c1-11-9-13(17)6-5-12(11)10-18(2)14(19)16(15(20)21)7-3-4-8-16/h5-6,9H,3-4,7-8,10H2,1-2H3,(H,20,21). The molecule has 0 radical (unpaired) electrons. The van der Waals surface area contributed by atoms with E-state index in [1.54, 1.807) is 20.0 Å². The molecular weight excluding hydrogens is 273 g/mol. The highest BCUT2D eigenvalue weighted by Gasteiger charge is 2.49. The molecule has 5 heteroatoms. The Morgan fingerprint density at radius 1 is 1.33 bits per heavy atom. The van der Waals surface area contributed by atoms with Crippen LogP contribution in [0.5, 0.6) is 0 Å². The Labute approximate surface area is 123 Å². The summed E-state index contributed by atoms with van der Waals surface area (Å²) in [5.41, 5.74) is 0.305. The molecule has 0 heterocycles. The molecule has 1 amide bonds. The first-order valence-corrected chi connectivity index (χ1v) is 7.11. The van der Waals surface area contributed by atoms with E-state index < -0.39 is 11.4 Å². The Morgan fingerprint density at radius 3 is 2.48 bits per heavy atom. The van der Waals surface area contributed by atoms with Gasteiger partial charge in [-0.3, -0.25) is 9.59 Å². The predicted molar refractivity (Wildman–Crippen MR) is 76.1 cm³/mol. The molecule has 0 atom stereocenters. The highest BCUT2D eigenvalue weighted by molar-refractivity contribution is 6.02. The highest BCUT2D eigenvalue weighted by atomic mass is 19.1. The quantitative estimate of drug-likeness (QED) is 0.868. The third-order valence-electron chi connectivity index (χ3n) is 4.33. The van der Waals surface area contributed by atoms with Gasteiger partial charge in [0, 0.05) is 13.6 Å². The molecule has 114 valence electrons. The Bertz CT molecular complexity index is 565. The summed E-state index contributed by atoms with van der Waals surface area (Å²) in [5, 5.41) is 9.44. The molecule has 2 rings (SSSR count). The minimum Gasteiger partial charge on any atom is -0.480 e. The second-order valence-corrected chi connectivity index (χ2v) is 5.83. The lowest BCUT2D eigenvalue weighted by Gasteiger charge is -2.29. The van der Waals surface area contributed by atoms with Crippen molar-refractivity contribution >= 4 is 11.9 Å². The number of carboxylic acids is 1. The van der Waals surface area contributed by atoms with Gasteiger partial charge in [-0.1, -0.05) is 18.9 Å². The molecule has 1 aromatic rings. The number of halogens is 1. The van der Waals surface area contributed by atoms with Crippen LogP contribution in [0.3, 0.4) is 0 Å². The first kappa shape index (κ1) is 15.5. The van der Waals surface area contributed by atoms with Crippen molar-refractivity contribution in [2.75, 3.05) is 7.05 Å². The molecule has 1 aliphatic carbocycles. The third-order valence-corrected chi connectivity index (χ3v) is 4.33. The molecule has 1 N–H and O–H groups in total. The molecule has 1 aromatic carbocycles. The van der Waals surface area contributed by atoms with E-state index in [-0.39, 0.29) is 11.7 Å². The van der Waals surface area contributed by atoms with Gasteiger partial charge in [0.1, 0.15) is 11.2 Å². The summed E-state index contributed by atoms with van der Waals surface area (Å²) in [7, 11) is 1.61. The molecule has 0 unspecified atom stereocenters. The van der Waals surface area contributed by atoms with E-state index >= 15 is 0 Å². The van der Waals surface area contributed by atoms with Crippen LogP contribution in [0.2, 0.25) is 0 Å². The summed E-state index contributed by atoms with van der Waals surface area (Å²) < 4.78 is 13.1. The number of carboxylic acid groups (broad SMARTS) is 1. The van der Waals surface area contributed by atoms with Crippen LogP contribution in [0.15, 0.2) is 18.2 Å². The van der Waals surface area contributed by atoms with E-state index in [2.05, 4.69) is 0 Å². The van der Waals surface area contributed by atoms with Crippen LogP contribution in [0.25, 0.3) is 0 Å². The first-order chi connectivity index (χ1) is 9.86. The number of hydrogen-bond acceptors (Lipinski definition) is 2. The zero-order valence-corrected chi connectivity index (χ0v) is 12.4. The number of carbonyl (C=O) groups excluding carboxylic acids is 1. The maximum absolute atomic E-state index is 13.1. The number of aliphatic carboxylic acids is 1. The number of rotatable bonds is 4. The summed E-state index contributed by atoms with van der Waals surface area (Å²) in [6.07, 6.45) is 2.32. The Morgan fingerprint density at radius 2 is 1.95 bits per heavy atom. The van der Waals surface area contributed by atoms with E-state index in [0.29, 0.717) is 19.4 Å². The predicted octanol–water partition coefficient (Wildman–Crippen LogP) is 2.74. The highest BCUT2D eigenvalue weighted by Crippen LogP contribution is 2.40. The topological polar surface area (TPSA) is 57.6 Å². The largest absolute Gasteiger partial charge is 0.480 e. The maximum Gasteiger partial charge on any atom is 0.319 e. The minimum absolute atomic E-state index is 0.292. The van der Waals surface area contributed by atoms with Gasteiger partial charge in [-0.25, -0.2) is 4.39 Å². The van der Waals surface area contributed by atoms with Crippen LogP contribution in [0.1, 0.15) is 36.8 Å². The van der Waals surface area contributed by atoms with Crippen LogP contribution in [0.4, 0.5) is 4.39 Å². The second-order valence-electron chi connectivity index (χ2n) is 5.83. The molecule has 1 aliphatic rings. The van der Waals surface area contributed by atoms with Gasteiger partial charge in [0.25, 0.3) is 0 Å². The van der Waals surface area contributed by atoms with E-state index in [0.717, 1.165) is 24.0 Å². The van der Waals surface area contributed by atoms with Gasteiger partial charge in [-0.15, -0.1) is 0 Å². The smallest absolute Gasteiger partial charge is 0.319 e. The van der Waals surface area contributed by atoms with E-state index in [1.165, 1.54) is 17.0 Å². The van der Waals surface area contributed by atoms with Gasteiger partial charge in [-0.2, -0.15) is 0 Å². The van der Waals surface area contributed by atoms with Gasteiger partial charge < -0.3 is 10.0 Å². The van der Waals surface area contributed by atoms with Crippen molar-refractivity contribution in [2.24, 2.45) is 5.41 Å². The van der Waals surface area contributed by atoms with E-state index in [9.17, 15) is 19.1 Å². The number of nitrogens with zero attached hydrogens (tertiary/aromatic N) is 1. The zero-order chi connectivity index (χ0) is 15.6. The zero-order valence-electron chi connectivity index (χ0n) is 12.4. The lowest BCUT2D eigenvalue weighted by atomic mass is 9.84. The maximum atomic E-state index is 13.1. The molecule has 1 saturated carbocycles. The van der Waals surface area contributed by atoms with Crippen molar-refractivity contribution in [1.82, 2.24) is 4.90 Å². The lowest BCUT2D eigenvalue weighted by molar-refractivity contribution is -0.160. The summed E-state index contributed by atoms with van der Waals surface area (Å²) in [4.78, 5) is 25.5. The SMILES string of the molecule is Cc1cc(F)ccc1CN(C)C(=O)C1(C(=O)O)CCCC1. The normalized spacial score (nSPS) is 16.7. The summed E-state index contributed by atoms with van der Waals surface area (Å²) in [6, 6.07) is 4.40. The van der Waals surface area contributed by atoms with Crippen molar-refractivity contribution in [3.8, 4) is 0 Å². The van der Waals surface area contributed by atoms with Gasteiger partial charge in [0.05, 0.1) is 0 Å². The Hall–Kier alpha value is -1.91. The van der Waals surface area contributed by atoms with Crippen molar-refractivity contribution < 1.29 is 19.1 Å². The van der Waals surface area contributed by atoms with Crippen molar-refractivity contribution in [1.29, 1.82) is 0 Å². The second kappa shape index (κ2) is 5.84. The molecule has 0 aromatic heterocycles. The Balaban J connectivity index is 2.17. The summed E-state index contributed by atoms with van der Waals surface area (Å²) in [6.45, 7) is 2.07. The summed E-state index contributed by atoms with van der Waals surface area (Å²) >= 11 is 0. The molecule has 21 heavy (non-hydrogen) atoms. The molecule has 0 spiro atoms. The molecule has 4 nitrogen and oxygen atoms in total. The lowest BCUT2D eigenvalue weighted by Crippen LogP contribution is -2.45. The number of amides is 1. The van der Waals surface area contributed by atoms with Crippen molar-refractivity contribution in [3.05, 3.63) is 35.1 Å². The van der Waals surface area contributed by atoms with E-state index in [4.69, 9.17) is 0 Å². The molecular formula is C16H20FNO3. The fraction of sp³-hybridized carbons (Fsp3) is 0.500. The number of carbonyl (C=O) groups is 2. The first-order valence-electron chi connectivity index (χ1n) is 7.11. The molecule has 0 aliphatic heterocycles. The van der Waals surface area contributed by atoms with Crippen LogP contribution in [0, 0.1) is 18.2 Å². The monoisotopic (exact) mass is 293 g/mol. The fourth-order valence-corrected chi connectivity index (χ4v) is 3.03. The van der Waals surface area contributed by atoms with Crippen LogP contribution >= 0.6 is 0 Å². The minimum atomic E-state index is -1.28. The number of aryl methyl sites for hydroxylation is 1. The van der Waals surface area contributed by atoms with Gasteiger partial charge >= 0.3 is 5.97 Å². The average molecular weight is 293 g/mol. The molecule has 1 fully saturated rings. The van der Waals surface area contributed by atoms with Gasteiger partial charge in [0.2, 0.25) is 5.91 Å². The van der Waals surface area contributed by atoms with Gasteiger partial charge in [0.15, 0.2) is 0 Å². The van der Waals surface area contributed by atoms with Gasteiger partial charge in [-0.05, 0) is 43.0 Å². The van der Waals surface area contributed by atoms with Crippen molar-refractivity contribution in [3.63, 3.8) is 0 Å². The van der Waals surface area contributed by atoms with Crippen molar-refractivity contribution in [2.45, 2.75) is 39.2 Å². The molecule has 0 bridgehead atoms. The average Bonchev–Trinajstić information content (AvgIpc) is 2.91. The third kappa shape index (κ3) is 2.91. The number of benzene rings is 1. The Kier molecular flexibility index (Phi) is 4.30. The molecule has 0 saturated heterocycles.